The number of aryl methyl sites for hydroxylation is 3. The van der Waals surface area contributed by atoms with Crippen LogP contribution in [0.1, 0.15) is 40.9 Å². The lowest BCUT2D eigenvalue weighted by Gasteiger charge is -2.26. The Labute approximate surface area is 207 Å². The molecular formula is C27H31N3O4S. The van der Waals surface area contributed by atoms with E-state index in [0.29, 0.717) is 16.9 Å². The minimum absolute atomic E-state index is 0.0781. The van der Waals surface area contributed by atoms with Crippen LogP contribution in [0.2, 0.25) is 0 Å². The van der Waals surface area contributed by atoms with Crippen LogP contribution in [-0.2, 0) is 14.8 Å². The van der Waals surface area contributed by atoms with Gasteiger partial charge >= 0.3 is 0 Å². The van der Waals surface area contributed by atoms with E-state index in [1.165, 1.54) is 12.1 Å². The fourth-order valence-electron chi connectivity index (χ4n) is 3.58. The summed E-state index contributed by atoms with van der Waals surface area (Å²) >= 11 is 0. The number of carbonyl (C=O) groups excluding carboxylic acids is 2. The van der Waals surface area contributed by atoms with E-state index in [1.807, 2.05) is 39.8 Å². The van der Waals surface area contributed by atoms with E-state index in [4.69, 9.17) is 0 Å². The van der Waals surface area contributed by atoms with Gasteiger partial charge in [0.05, 0.1) is 21.8 Å². The molecule has 0 aliphatic rings. The highest BCUT2D eigenvalue weighted by Crippen LogP contribution is 2.28. The number of rotatable bonds is 8. The van der Waals surface area contributed by atoms with E-state index in [0.717, 1.165) is 21.0 Å². The average molecular weight is 494 g/mol. The number of anilines is 2. The third-order valence-corrected chi connectivity index (χ3v) is 7.17. The molecule has 0 saturated heterocycles. The Hall–Kier alpha value is -3.65. The second kappa shape index (κ2) is 10.7. The zero-order valence-electron chi connectivity index (χ0n) is 20.6. The standard InChI is InChI=1S/C27H31N3O4S/c1-18(2)28-27(32)23-8-6-7-9-24(23)29-26(31)17-30(25-16-20(4)10-13-21(25)5)35(33,34)22-14-11-19(3)12-15-22/h6-16,18H,17H2,1-5H3,(H,28,32)(H,29,31). The van der Waals surface area contributed by atoms with Gasteiger partial charge in [-0.2, -0.15) is 0 Å². The third kappa shape index (κ3) is 6.27. The second-order valence-electron chi connectivity index (χ2n) is 8.84. The summed E-state index contributed by atoms with van der Waals surface area (Å²) in [6.07, 6.45) is 0. The van der Waals surface area contributed by atoms with Crippen molar-refractivity contribution in [2.24, 2.45) is 0 Å². The molecule has 3 aromatic carbocycles. The number of carbonyl (C=O) groups is 2. The zero-order chi connectivity index (χ0) is 25.8. The van der Waals surface area contributed by atoms with Crippen LogP contribution < -0.4 is 14.9 Å². The molecule has 0 fully saturated rings. The van der Waals surface area contributed by atoms with E-state index in [-0.39, 0.29) is 16.8 Å². The summed E-state index contributed by atoms with van der Waals surface area (Å²) < 4.78 is 28.5. The summed E-state index contributed by atoms with van der Waals surface area (Å²) in [5.74, 6) is -0.888. The Morgan fingerprint density at radius 3 is 2.17 bits per heavy atom. The maximum absolute atomic E-state index is 13.7. The lowest BCUT2D eigenvalue weighted by atomic mass is 10.1. The molecule has 7 nitrogen and oxygen atoms in total. The molecule has 0 spiro atoms. The van der Waals surface area contributed by atoms with Gasteiger partial charge in [-0.15, -0.1) is 0 Å². The molecule has 2 amide bonds. The molecule has 0 heterocycles. The quantitative estimate of drug-likeness (QED) is 0.480. The van der Waals surface area contributed by atoms with Crippen LogP contribution in [-0.4, -0.2) is 32.8 Å². The molecule has 3 aromatic rings. The van der Waals surface area contributed by atoms with Crippen molar-refractivity contribution < 1.29 is 18.0 Å². The summed E-state index contributed by atoms with van der Waals surface area (Å²) in [5, 5.41) is 5.53. The molecule has 0 aliphatic heterocycles. The first-order chi connectivity index (χ1) is 16.5. The molecule has 0 unspecified atom stereocenters. The van der Waals surface area contributed by atoms with Gasteiger partial charge < -0.3 is 10.6 Å². The summed E-state index contributed by atoms with van der Waals surface area (Å²) in [6, 6.07) is 18.5. The molecule has 0 bridgehead atoms. The zero-order valence-corrected chi connectivity index (χ0v) is 21.4. The third-order valence-electron chi connectivity index (χ3n) is 5.40. The van der Waals surface area contributed by atoms with Crippen molar-refractivity contribution in [3.8, 4) is 0 Å². The minimum atomic E-state index is -4.05. The minimum Gasteiger partial charge on any atom is -0.350 e. The van der Waals surface area contributed by atoms with Crippen LogP contribution in [0.15, 0.2) is 71.6 Å². The lowest BCUT2D eigenvalue weighted by molar-refractivity contribution is -0.114. The molecule has 0 aromatic heterocycles. The lowest BCUT2D eigenvalue weighted by Crippen LogP contribution is -2.39. The normalized spacial score (nSPS) is 11.3. The molecule has 8 heteroatoms. The Bertz CT molecular complexity index is 1330. The van der Waals surface area contributed by atoms with Crippen molar-refractivity contribution in [2.75, 3.05) is 16.2 Å². The van der Waals surface area contributed by atoms with Gasteiger partial charge in [-0.1, -0.05) is 42.0 Å². The fourth-order valence-corrected chi connectivity index (χ4v) is 5.05. The number of hydrogen-bond donors (Lipinski definition) is 2. The topological polar surface area (TPSA) is 95.6 Å². The van der Waals surface area contributed by atoms with Gasteiger partial charge in [-0.05, 0) is 76.1 Å². The van der Waals surface area contributed by atoms with Crippen molar-refractivity contribution >= 4 is 33.2 Å². The maximum atomic E-state index is 13.7. The van der Waals surface area contributed by atoms with Crippen molar-refractivity contribution in [2.45, 2.75) is 45.6 Å². The van der Waals surface area contributed by atoms with Crippen LogP contribution in [0.3, 0.4) is 0 Å². The van der Waals surface area contributed by atoms with Crippen LogP contribution in [0, 0.1) is 20.8 Å². The molecule has 35 heavy (non-hydrogen) atoms. The van der Waals surface area contributed by atoms with Crippen LogP contribution in [0.25, 0.3) is 0 Å². The van der Waals surface area contributed by atoms with E-state index in [9.17, 15) is 18.0 Å². The van der Waals surface area contributed by atoms with Gasteiger partial charge in [0.15, 0.2) is 0 Å². The first-order valence-electron chi connectivity index (χ1n) is 11.4. The highest BCUT2D eigenvalue weighted by atomic mass is 32.2. The largest absolute Gasteiger partial charge is 0.350 e. The number of nitrogens with zero attached hydrogens (tertiary/aromatic N) is 1. The number of sulfonamides is 1. The van der Waals surface area contributed by atoms with Crippen molar-refractivity contribution in [3.05, 3.63) is 89.0 Å². The summed E-state index contributed by atoms with van der Waals surface area (Å²) in [6.45, 7) is 8.77. The van der Waals surface area contributed by atoms with E-state index in [1.54, 1.807) is 49.4 Å². The average Bonchev–Trinajstić information content (AvgIpc) is 2.79. The molecule has 3 rings (SSSR count). The van der Waals surface area contributed by atoms with E-state index < -0.39 is 22.5 Å². The molecule has 0 atom stereocenters. The summed E-state index contributed by atoms with van der Waals surface area (Å²) in [7, 11) is -4.05. The molecular weight excluding hydrogens is 462 g/mol. The monoisotopic (exact) mass is 493 g/mol. The fraction of sp³-hybridized carbons (Fsp3) is 0.259. The highest BCUT2D eigenvalue weighted by Gasteiger charge is 2.29. The first kappa shape index (κ1) is 26.0. The summed E-state index contributed by atoms with van der Waals surface area (Å²) in [4.78, 5) is 25.9. The van der Waals surface area contributed by atoms with Gasteiger partial charge in [-0.25, -0.2) is 8.42 Å². The van der Waals surface area contributed by atoms with Gasteiger partial charge in [0.25, 0.3) is 15.9 Å². The van der Waals surface area contributed by atoms with Crippen molar-refractivity contribution in [1.82, 2.24) is 5.32 Å². The Morgan fingerprint density at radius 1 is 0.886 bits per heavy atom. The van der Waals surface area contributed by atoms with Gasteiger partial charge in [-0.3, -0.25) is 13.9 Å². The Kier molecular flexibility index (Phi) is 7.96. The number of amides is 2. The van der Waals surface area contributed by atoms with E-state index >= 15 is 0 Å². The predicted molar refractivity (Wildman–Crippen MR) is 139 cm³/mol. The highest BCUT2D eigenvalue weighted by molar-refractivity contribution is 7.92. The van der Waals surface area contributed by atoms with Gasteiger partial charge in [0.2, 0.25) is 5.91 Å². The van der Waals surface area contributed by atoms with Crippen molar-refractivity contribution in [1.29, 1.82) is 0 Å². The molecule has 0 radical (unpaired) electrons. The molecule has 0 aliphatic carbocycles. The summed E-state index contributed by atoms with van der Waals surface area (Å²) in [5.41, 5.74) is 3.54. The molecule has 0 saturated carbocycles. The maximum Gasteiger partial charge on any atom is 0.264 e. The molecule has 184 valence electrons. The van der Waals surface area contributed by atoms with Gasteiger partial charge in [0, 0.05) is 6.04 Å². The van der Waals surface area contributed by atoms with Gasteiger partial charge in [0.1, 0.15) is 6.54 Å². The van der Waals surface area contributed by atoms with Crippen LogP contribution >= 0.6 is 0 Å². The second-order valence-corrected chi connectivity index (χ2v) is 10.7. The number of benzene rings is 3. The van der Waals surface area contributed by atoms with Crippen LogP contribution in [0.4, 0.5) is 11.4 Å². The smallest absolute Gasteiger partial charge is 0.264 e. The van der Waals surface area contributed by atoms with E-state index in [2.05, 4.69) is 10.6 Å². The number of hydrogen-bond acceptors (Lipinski definition) is 4. The first-order valence-corrected chi connectivity index (χ1v) is 12.8. The van der Waals surface area contributed by atoms with Crippen molar-refractivity contribution in [3.63, 3.8) is 0 Å². The Balaban J connectivity index is 1.98. The number of nitrogens with one attached hydrogen (secondary N) is 2. The molecule has 2 N–H and O–H groups in total. The Morgan fingerprint density at radius 2 is 1.51 bits per heavy atom. The SMILES string of the molecule is Cc1ccc(S(=O)(=O)N(CC(=O)Nc2ccccc2C(=O)NC(C)C)c2cc(C)ccc2C)cc1. The number of para-hydroxylation sites is 1. The van der Waals surface area contributed by atoms with Crippen LogP contribution in [0.5, 0.6) is 0 Å². The predicted octanol–water partition coefficient (Wildman–Crippen LogP) is 4.58.